The van der Waals surface area contributed by atoms with E-state index in [4.69, 9.17) is 11.6 Å². The highest BCUT2D eigenvalue weighted by Crippen LogP contribution is 2.32. The van der Waals surface area contributed by atoms with Crippen LogP contribution in [0.25, 0.3) is 22.3 Å². The van der Waals surface area contributed by atoms with Crippen LogP contribution in [0, 0.1) is 11.6 Å². The Morgan fingerprint density at radius 2 is 2.06 bits per heavy atom. The summed E-state index contributed by atoms with van der Waals surface area (Å²) in [5.74, 6) is -0.614. The van der Waals surface area contributed by atoms with Gasteiger partial charge in [0.2, 0.25) is 0 Å². The molecule has 0 saturated heterocycles. The Bertz CT molecular complexity index is 1390. The second kappa shape index (κ2) is 9.61. The average molecular weight is 500 g/mol. The zero-order valence-corrected chi connectivity index (χ0v) is 19.7. The first kappa shape index (κ1) is 23.2. The summed E-state index contributed by atoms with van der Waals surface area (Å²) in [6.45, 7) is 2.60. The van der Waals surface area contributed by atoms with E-state index in [1.807, 2.05) is 6.92 Å². The number of anilines is 1. The maximum Gasteiger partial charge on any atom is 0.287 e. The first-order valence-corrected chi connectivity index (χ1v) is 11.9. The van der Waals surface area contributed by atoms with Gasteiger partial charge in [-0.05, 0) is 44.7 Å². The van der Waals surface area contributed by atoms with Gasteiger partial charge in [0.25, 0.3) is 5.91 Å². The van der Waals surface area contributed by atoms with Crippen molar-refractivity contribution in [1.82, 2.24) is 29.8 Å². The van der Waals surface area contributed by atoms with E-state index in [2.05, 4.69) is 30.6 Å². The highest BCUT2D eigenvalue weighted by molar-refractivity contribution is 6.31. The van der Waals surface area contributed by atoms with E-state index in [0.29, 0.717) is 29.7 Å². The number of carbonyl (C=O) groups excluding carboxylic acids is 1. The zero-order chi connectivity index (χ0) is 24.5. The monoisotopic (exact) mass is 499 g/mol. The molecule has 35 heavy (non-hydrogen) atoms. The van der Waals surface area contributed by atoms with Crippen LogP contribution in [0.15, 0.2) is 36.9 Å². The normalized spacial score (nSPS) is 18.1. The number of benzene rings is 1. The predicted octanol–water partition coefficient (Wildman–Crippen LogP) is 4.93. The van der Waals surface area contributed by atoms with Crippen molar-refractivity contribution < 1.29 is 13.6 Å². The summed E-state index contributed by atoms with van der Waals surface area (Å²) in [4.78, 5) is 28.2. The van der Waals surface area contributed by atoms with Crippen molar-refractivity contribution in [3.05, 3.63) is 59.4 Å². The Morgan fingerprint density at radius 1 is 1.23 bits per heavy atom. The lowest BCUT2D eigenvalue weighted by Gasteiger charge is -2.30. The molecule has 0 unspecified atom stereocenters. The molecule has 0 bridgehead atoms. The molecule has 0 aliphatic heterocycles. The first-order chi connectivity index (χ1) is 16.9. The summed E-state index contributed by atoms with van der Waals surface area (Å²) >= 11 is 6.02. The van der Waals surface area contributed by atoms with Crippen molar-refractivity contribution in [2.45, 2.75) is 51.2 Å². The molecule has 0 spiro atoms. The molecule has 1 aromatic carbocycles. The molecule has 11 heteroatoms. The molecule has 3 aromatic heterocycles. The van der Waals surface area contributed by atoms with Crippen LogP contribution < -0.4 is 10.6 Å². The van der Waals surface area contributed by atoms with Gasteiger partial charge < -0.3 is 20.2 Å². The summed E-state index contributed by atoms with van der Waals surface area (Å²) in [5.41, 5.74) is 0.797. The van der Waals surface area contributed by atoms with Gasteiger partial charge in [0, 0.05) is 53.2 Å². The largest absolute Gasteiger partial charge is 0.365 e. The van der Waals surface area contributed by atoms with Gasteiger partial charge >= 0.3 is 0 Å². The molecule has 1 fully saturated rings. The van der Waals surface area contributed by atoms with E-state index >= 15 is 0 Å². The third-order valence-electron chi connectivity index (χ3n) is 6.30. The van der Waals surface area contributed by atoms with Crippen molar-refractivity contribution in [2.75, 3.05) is 5.32 Å². The fraction of sp³-hybridized carbons (Fsp3) is 0.333. The van der Waals surface area contributed by atoms with Gasteiger partial charge in [-0.2, -0.15) is 0 Å². The van der Waals surface area contributed by atoms with E-state index in [1.54, 1.807) is 29.2 Å². The lowest BCUT2D eigenvalue weighted by atomic mass is 9.91. The van der Waals surface area contributed by atoms with E-state index in [1.165, 1.54) is 6.07 Å². The molecular weight excluding hydrogens is 476 g/mol. The number of hydrogen-bond acceptors (Lipinski definition) is 5. The molecule has 1 saturated carbocycles. The standard InChI is InChI=1S/C24H24ClF2N7O/c1-2-34-7-6-28-23(34)24(35)32-15-5-3-4-14(10-15)31-22-19(27)12-30-21(33-22)17-11-29-20-16(17)8-13(25)9-18(20)26/h6-9,11-12,14-15,29H,2-5,10H2,1H3,(H,32,35)(H,30,31,33)/t14-,15+/m0/s1. The minimum Gasteiger partial charge on any atom is -0.365 e. The molecule has 1 aliphatic rings. The maximum absolute atomic E-state index is 14.6. The van der Waals surface area contributed by atoms with Crippen LogP contribution in [0.1, 0.15) is 43.2 Å². The Labute approximate surface area is 205 Å². The van der Waals surface area contributed by atoms with Gasteiger partial charge in [-0.1, -0.05) is 11.6 Å². The van der Waals surface area contributed by atoms with Crippen molar-refractivity contribution >= 4 is 34.2 Å². The van der Waals surface area contributed by atoms with E-state index < -0.39 is 11.6 Å². The summed E-state index contributed by atoms with van der Waals surface area (Å²) < 4.78 is 30.6. The summed E-state index contributed by atoms with van der Waals surface area (Å²) in [7, 11) is 0. The number of aromatic amines is 1. The number of nitrogens with zero attached hydrogens (tertiary/aromatic N) is 4. The number of carbonyl (C=O) groups is 1. The predicted molar refractivity (Wildman–Crippen MR) is 129 cm³/mol. The third kappa shape index (κ3) is 4.70. The van der Waals surface area contributed by atoms with Gasteiger partial charge in [0.05, 0.1) is 11.7 Å². The second-order valence-corrected chi connectivity index (χ2v) is 9.05. The molecule has 2 atom stereocenters. The van der Waals surface area contributed by atoms with Crippen molar-refractivity contribution in [2.24, 2.45) is 0 Å². The summed E-state index contributed by atoms with van der Waals surface area (Å²) in [5, 5.41) is 6.98. The molecule has 3 heterocycles. The van der Waals surface area contributed by atoms with Gasteiger partial charge in [0.15, 0.2) is 23.3 Å². The number of hydrogen-bond donors (Lipinski definition) is 3. The molecule has 8 nitrogen and oxygen atoms in total. The molecule has 0 radical (unpaired) electrons. The number of fused-ring (bicyclic) bond motifs is 1. The topological polar surface area (TPSA) is 101 Å². The van der Waals surface area contributed by atoms with Crippen molar-refractivity contribution in [3.63, 3.8) is 0 Å². The Balaban J connectivity index is 1.32. The van der Waals surface area contributed by atoms with Gasteiger partial charge in [0.1, 0.15) is 5.82 Å². The lowest BCUT2D eigenvalue weighted by Crippen LogP contribution is -2.42. The Morgan fingerprint density at radius 3 is 2.89 bits per heavy atom. The molecule has 4 aromatic rings. The fourth-order valence-electron chi connectivity index (χ4n) is 4.61. The average Bonchev–Trinajstić information content (AvgIpc) is 3.48. The first-order valence-electron chi connectivity index (χ1n) is 11.5. The molecule has 182 valence electrons. The van der Waals surface area contributed by atoms with Crippen LogP contribution >= 0.6 is 11.6 Å². The maximum atomic E-state index is 14.6. The summed E-state index contributed by atoms with van der Waals surface area (Å²) in [6.07, 6.45) is 9.17. The van der Waals surface area contributed by atoms with Gasteiger partial charge in [-0.3, -0.25) is 4.79 Å². The quantitative estimate of drug-likeness (QED) is 0.349. The number of amides is 1. The smallest absolute Gasteiger partial charge is 0.287 e. The highest BCUT2D eigenvalue weighted by Gasteiger charge is 2.26. The van der Waals surface area contributed by atoms with E-state index in [9.17, 15) is 13.6 Å². The number of halogens is 3. The second-order valence-electron chi connectivity index (χ2n) is 8.62. The van der Waals surface area contributed by atoms with Crippen LogP contribution in [0.4, 0.5) is 14.6 Å². The van der Waals surface area contributed by atoms with Gasteiger partial charge in [-0.25, -0.2) is 23.7 Å². The van der Waals surface area contributed by atoms with Crippen molar-refractivity contribution in [3.8, 4) is 11.4 Å². The van der Waals surface area contributed by atoms with Crippen LogP contribution in [-0.4, -0.2) is 42.5 Å². The zero-order valence-electron chi connectivity index (χ0n) is 19.0. The SMILES string of the molecule is CCn1ccnc1C(=O)N[C@@H]1CCC[C@H](Nc2nc(-c3c[nH]c4c(F)cc(Cl)cc34)ncc2F)C1. The molecule has 1 amide bonds. The Kier molecular flexibility index (Phi) is 6.38. The van der Waals surface area contributed by atoms with Crippen LogP contribution in [0.5, 0.6) is 0 Å². The highest BCUT2D eigenvalue weighted by atomic mass is 35.5. The van der Waals surface area contributed by atoms with E-state index in [0.717, 1.165) is 25.5 Å². The minimum absolute atomic E-state index is 0.0605. The fourth-order valence-corrected chi connectivity index (χ4v) is 4.81. The third-order valence-corrected chi connectivity index (χ3v) is 6.52. The van der Waals surface area contributed by atoms with Crippen LogP contribution in [-0.2, 0) is 6.54 Å². The molecule has 3 N–H and O–H groups in total. The minimum atomic E-state index is -0.589. The van der Waals surface area contributed by atoms with Crippen molar-refractivity contribution in [1.29, 1.82) is 0 Å². The number of rotatable bonds is 6. The van der Waals surface area contributed by atoms with Crippen LogP contribution in [0.2, 0.25) is 5.02 Å². The lowest BCUT2D eigenvalue weighted by molar-refractivity contribution is 0.0911. The molecular formula is C24H24ClF2N7O. The number of imidazole rings is 1. The number of aryl methyl sites for hydroxylation is 1. The van der Waals surface area contributed by atoms with Crippen LogP contribution in [0.3, 0.4) is 0 Å². The number of H-pyrrole nitrogens is 1. The summed E-state index contributed by atoms with van der Waals surface area (Å²) in [6, 6.07) is 2.67. The van der Waals surface area contributed by atoms with Gasteiger partial charge in [-0.15, -0.1) is 0 Å². The number of nitrogens with one attached hydrogen (secondary N) is 3. The number of aromatic nitrogens is 5. The van der Waals surface area contributed by atoms with E-state index in [-0.39, 0.29) is 40.2 Å². The Hall–Kier alpha value is -3.53. The molecule has 5 rings (SSSR count). The molecule has 1 aliphatic carbocycles.